The van der Waals surface area contributed by atoms with Crippen LogP contribution >= 0.6 is 0 Å². The smallest absolute Gasteiger partial charge is 0.309 e. The van der Waals surface area contributed by atoms with Crippen LogP contribution in [-0.2, 0) is 28.6 Å². The van der Waals surface area contributed by atoms with Crippen molar-refractivity contribution < 1.29 is 43.6 Å². The van der Waals surface area contributed by atoms with Crippen LogP contribution < -0.4 is 0 Å². The molecule has 2 unspecified atom stereocenters. The molecule has 2 N–H and O–H groups in total. The predicted molar refractivity (Wildman–Crippen MR) is 178 cm³/mol. The van der Waals surface area contributed by atoms with Crippen molar-refractivity contribution >= 4 is 23.5 Å². The van der Waals surface area contributed by atoms with Crippen molar-refractivity contribution in [2.24, 2.45) is 35.0 Å². The number of Topliss-reactive ketones (excluding diaryl/α,β-unsaturated/α-hetero) is 2. The third kappa shape index (κ3) is 5.14. The SMILES string of the molecule is CC(=O)O[C@H]1C(=O)[C@]23C[C@H]2C[C@H]2OC[C@@]2(O)[C@H]3[C@H](CC(=O)c2ccccc2)[C@]2(O)C[C@H](OC(=O)[C@H](C)C(C)c3ccccc3)C(C)=C1C2C. The van der Waals surface area contributed by atoms with Gasteiger partial charge in [-0.3, -0.25) is 19.2 Å². The summed E-state index contributed by atoms with van der Waals surface area (Å²) in [6.45, 7) is 8.53. The van der Waals surface area contributed by atoms with Crippen LogP contribution in [0.1, 0.15) is 82.1 Å². The summed E-state index contributed by atoms with van der Waals surface area (Å²) < 4.78 is 18.0. The van der Waals surface area contributed by atoms with Crippen molar-refractivity contribution in [1.29, 1.82) is 0 Å². The van der Waals surface area contributed by atoms with Crippen molar-refractivity contribution in [2.75, 3.05) is 6.61 Å². The molecule has 1 saturated heterocycles. The first-order valence-corrected chi connectivity index (χ1v) is 17.6. The highest BCUT2D eigenvalue weighted by molar-refractivity contribution is 5.98. The summed E-state index contributed by atoms with van der Waals surface area (Å²) in [4.78, 5) is 55.5. The number of benzene rings is 2. The molecule has 1 spiro atoms. The Labute approximate surface area is 287 Å². The maximum atomic E-state index is 15.0. The van der Waals surface area contributed by atoms with E-state index >= 15 is 0 Å². The van der Waals surface area contributed by atoms with Crippen LogP contribution in [0.25, 0.3) is 0 Å². The summed E-state index contributed by atoms with van der Waals surface area (Å²) in [5, 5.41) is 25.6. The molecule has 0 radical (unpaired) electrons. The highest BCUT2D eigenvalue weighted by Gasteiger charge is 2.80. The number of carbonyl (C=O) groups excluding carboxylic acids is 4. The lowest BCUT2D eigenvalue weighted by Gasteiger charge is -2.62. The molecule has 7 rings (SSSR count). The summed E-state index contributed by atoms with van der Waals surface area (Å²) >= 11 is 0. The Kier molecular flexibility index (Phi) is 8.28. The molecule has 9 nitrogen and oxygen atoms in total. The van der Waals surface area contributed by atoms with Crippen LogP contribution in [-0.4, -0.2) is 69.8 Å². The molecule has 2 bridgehead atoms. The van der Waals surface area contributed by atoms with E-state index in [4.69, 9.17) is 14.2 Å². The molecule has 1 heterocycles. The zero-order chi connectivity index (χ0) is 35.0. The Morgan fingerprint density at radius 1 is 0.959 bits per heavy atom. The molecule has 0 aromatic heterocycles. The molecule has 9 heteroatoms. The first-order chi connectivity index (χ1) is 23.2. The van der Waals surface area contributed by atoms with E-state index in [0.717, 1.165) is 5.56 Å². The average molecular weight is 671 g/mol. The van der Waals surface area contributed by atoms with Crippen molar-refractivity contribution in [2.45, 2.75) is 95.7 Å². The highest BCUT2D eigenvalue weighted by Crippen LogP contribution is 2.74. The zero-order valence-electron chi connectivity index (χ0n) is 28.8. The standard InChI is InChI=1S/C40H46O9/c1-21(26-12-8-6-9-13-26)22(2)37(44)49-31-19-39(45)24(4)33(23(31)3)34(48-25(5)41)36(43)38-18-28(38)16-32-40(46,20-47-32)35(38)29(39)17-30(42)27-14-10-7-11-15-27/h6-15,21-22,24,28-29,31-32,34-35,45-46H,16-20H2,1-5H3/t21?,22-,24?,28-,29+,31+,32-,34-,35+,38-,39+,40+/m1/s1. The van der Waals surface area contributed by atoms with Crippen LogP contribution in [0, 0.1) is 35.0 Å². The van der Waals surface area contributed by atoms with E-state index in [9.17, 15) is 29.4 Å². The van der Waals surface area contributed by atoms with Crippen molar-refractivity contribution in [1.82, 2.24) is 0 Å². The fourth-order valence-corrected chi connectivity index (χ4v) is 9.97. The molecule has 4 aliphatic carbocycles. The number of esters is 2. The molecule has 1 aliphatic heterocycles. The van der Waals surface area contributed by atoms with Crippen molar-refractivity contribution in [3.05, 3.63) is 82.9 Å². The molecule has 0 amide bonds. The second-order valence-electron chi connectivity index (χ2n) is 15.4. The molecular formula is C40H46O9. The second kappa shape index (κ2) is 12.0. The van der Waals surface area contributed by atoms with Gasteiger partial charge in [-0.25, -0.2) is 0 Å². The summed E-state index contributed by atoms with van der Waals surface area (Å²) in [5.41, 5.74) is -1.90. The van der Waals surface area contributed by atoms with Gasteiger partial charge in [-0.05, 0) is 48.3 Å². The predicted octanol–water partition coefficient (Wildman–Crippen LogP) is 4.99. The second-order valence-corrected chi connectivity index (χ2v) is 15.4. The third-order valence-electron chi connectivity index (χ3n) is 13.0. The Balaban J connectivity index is 1.35. The summed E-state index contributed by atoms with van der Waals surface area (Å²) in [6, 6.07) is 18.5. The van der Waals surface area contributed by atoms with E-state index in [1.165, 1.54) is 6.92 Å². The lowest BCUT2D eigenvalue weighted by atomic mass is 9.48. The largest absolute Gasteiger partial charge is 0.457 e. The van der Waals surface area contributed by atoms with E-state index < -0.39 is 70.5 Å². The molecule has 49 heavy (non-hydrogen) atoms. The highest BCUT2D eigenvalue weighted by atomic mass is 16.6. The van der Waals surface area contributed by atoms with Crippen LogP contribution in [0.5, 0.6) is 0 Å². The Morgan fingerprint density at radius 3 is 2.22 bits per heavy atom. The molecular weight excluding hydrogens is 624 g/mol. The van der Waals surface area contributed by atoms with Gasteiger partial charge in [0, 0.05) is 48.5 Å². The van der Waals surface area contributed by atoms with Gasteiger partial charge in [0.25, 0.3) is 0 Å². The fourth-order valence-electron chi connectivity index (χ4n) is 9.97. The number of hydrogen-bond acceptors (Lipinski definition) is 9. The molecule has 12 atom stereocenters. The number of ketones is 2. The molecule has 260 valence electrons. The van der Waals surface area contributed by atoms with E-state index in [-0.39, 0.29) is 42.9 Å². The molecule has 3 saturated carbocycles. The fraction of sp³-hybridized carbons (Fsp3) is 0.550. The van der Waals surface area contributed by atoms with Crippen LogP contribution in [0.2, 0.25) is 0 Å². The maximum absolute atomic E-state index is 15.0. The van der Waals surface area contributed by atoms with Gasteiger partial charge in [0.2, 0.25) is 0 Å². The average Bonchev–Trinajstić information content (AvgIpc) is 3.82. The number of aliphatic hydroxyl groups is 2. The van der Waals surface area contributed by atoms with Crippen LogP contribution in [0.4, 0.5) is 0 Å². The number of fused-ring (bicyclic) bond motifs is 4. The number of hydrogen-bond donors (Lipinski definition) is 2. The topological polar surface area (TPSA) is 136 Å². The lowest BCUT2D eigenvalue weighted by Crippen LogP contribution is -2.74. The van der Waals surface area contributed by atoms with Gasteiger partial charge in [0.15, 0.2) is 17.7 Å². The minimum absolute atomic E-state index is 0.0299. The first-order valence-electron chi connectivity index (χ1n) is 17.6. The van der Waals surface area contributed by atoms with Crippen LogP contribution in [0.3, 0.4) is 0 Å². The van der Waals surface area contributed by atoms with Gasteiger partial charge in [0.05, 0.1) is 24.2 Å². The normalized spacial score (nSPS) is 38.7. The van der Waals surface area contributed by atoms with Gasteiger partial charge in [-0.2, -0.15) is 0 Å². The monoisotopic (exact) mass is 670 g/mol. The van der Waals surface area contributed by atoms with Crippen molar-refractivity contribution in [3.8, 4) is 0 Å². The van der Waals surface area contributed by atoms with Gasteiger partial charge < -0.3 is 24.4 Å². The summed E-state index contributed by atoms with van der Waals surface area (Å²) in [7, 11) is 0. The number of carbonyl (C=O) groups is 4. The zero-order valence-corrected chi connectivity index (χ0v) is 28.8. The number of rotatable bonds is 8. The Bertz CT molecular complexity index is 1700. The minimum Gasteiger partial charge on any atom is -0.457 e. The van der Waals surface area contributed by atoms with Crippen LogP contribution in [0.15, 0.2) is 71.8 Å². The Hall–Kier alpha value is -3.66. The molecule has 2 aromatic carbocycles. The molecule has 4 fully saturated rings. The van der Waals surface area contributed by atoms with E-state index in [1.807, 2.05) is 43.3 Å². The Morgan fingerprint density at radius 2 is 1.61 bits per heavy atom. The lowest BCUT2D eigenvalue weighted by molar-refractivity contribution is -0.308. The van der Waals surface area contributed by atoms with Gasteiger partial charge in [-0.1, -0.05) is 81.4 Å². The van der Waals surface area contributed by atoms with Gasteiger partial charge >= 0.3 is 11.9 Å². The minimum atomic E-state index is -1.73. The summed E-state index contributed by atoms with van der Waals surface area (Å²) in [5.74, 6) is -5.05. The van der Waals surface area contributed by atoms with Gasteiger partial charge in [0.1, 0.15) is 11.7 Å². The van der Waals surface area contributed by atoms with E-state index in [1.54, 1.807) is 45.0 Å². The first kappa shape index (κ1) is 33.8. The van der Waals surface area contributed by atoms with E-state index in [2.05, 4.69) is 0 Å². The summed E-state index contributed by atoms with van der Waals surface area (Å²) in [6.07, 6.45) is -2.12. The maximum Gasteiger partial charge on any atom is 0.309 e. The van der Waals surface area contributed by atoms with E-state index in [0.29, 0.717) is 29.6 Å². The number of ether oxygens (including phenoxy) is 3. The van der Waals surface area contributed by atoms with Gasteiger partial charge in [-0.15, -0.1) is 0 Å². The quantitative estimate of drug-likeness (QED) is 0.226. The molecule has 2 aromatic rings. The van der Waals surface area contributed by atoms with Crippen molar-refractivity contribution in [3.63, 3.8) is 0 Å². The third-order valence-corrected chi connectivity index (χ3v) is 13.0. The molecule has 5 aliphatic rings.